The van der Waals surface area contributed by atoms with Crippen LogP contribution in [0.5, 0.6) is 11.5 Å². The molecule has 0 saturated carbocycles. The molecule has 0 unspecified atom stereocenters. The van der Waals surface area contributed by atoms with Crippen molar-refractivity contribution in [2.24, 2.45) is 0 Å². The molecule has 1 saturated heterocycles. The number of hydrogen-bond donors (Lipinski definition) is 0. The second-order valence-corrected chi connectivity index (χ2v) is 11.0. The summed E-state index contributed by atoms with van der Waals surface area (Å²) in [6.07, 6.45) is 3.35. The maximum atomic E-state index is 13.8. The summed E-state index contributed by atoms with van der Waals surface area (Å²) in [5.74, 6) is -0.820. The Kier molecular flexibility index (Phi) is 7.88. The third kappa shape index (κ3) is 6.16. The molecule has 0 radical (unpaired) electrons. The number of amides is 1. The quantitative estimate of drug-likeness (QED) is 0.452. The van der Waals surface area contributed by atoms with Crippen LogP contribution >= 0.6 is 0 Å². The number of fused-ring (bicyclic) bond motifs is 2. The summed E-state index contributed by atoms with van der Waals surface area (Å²) < 4.78 is 46.0. The highest BCUT2D eigenvalue weighted by atomic mass is 19.2. The lowest BCUT2D eigenvalue weighted by molar-refractivity contribution is 0.00868. The van der Waals surface area contributed by atoms with Crippen LogP contribution in [0, 0.1) is 11.6 Å². The largest absolute Gasteiger partial charge is 0.486 e. The summed E-state index contributed by atoms with van der Waals surface area (Å²) >= 11 is 0. The summed E-state index contributed by atoms with van der Waals surface area (Å²) in [7, 11) is 0. The van der Waals surface area contributed by atoms with E-state index >= 15 is 0 Å². The first kappa shape index (κ1) is 27.8. The zero-order valence-electron chi connectivity index (χ0n) is 22.9. The van der Waals surface area contributed by atoms with E-state index in [4.69, 9.17) is 14.2 Å². The highest BCUT2D eigenvalue weighted by Gasteiger charge is 2.32. The van der Waals surface area contributed by atoms with Gasteiger partial charge >= 0.3 is 6.09 Å². The standard InChI is InChI=1S/C28H33F2N5O5/c1-28(2,3)35(17-18-12-24-25(15-31-18)39-11-10-38-24)27(37)40-19-4-6-33(7-5-19)8-9-34-23-14-21(30)20(29)13-22(23)32-16-26(34)36/h12-16,19H,4-11,17H2,1-3H3. The fourth-order valence-electron chi connectivity index (χ4n) is 4.90. The second-order valence-electron chi connectivity index (χ2n) is 11.0. The van der Waals surface area contributed by atoms with Gasteiger partial charge in [-0.25, -0.2) is 18.6 Å². The van der Waals surface area contributed by atoms with Crippen molar-refractivity contribution in [1.82, 2.24) is 24.3 Å². The fourth-order valence-corrected chi connectivity index (χ4v) is 4.90. The van der Waals surface area contributed by atoms with Crippen molar-refractivity contribution in [3.63, 3.8) is 0 Å². The second kappa shape index (κ2) is 11.4. The molecule has 214 valence electrons. The van der Waals surface area contributed by atoms with Gasteiger partial charge in [0, 0.05) is 49.9 Å². The molecule has 1 amide bonds. The molecular weight excluding hydrogens is 524 g/mol. The van der Waals surface area contributed by atoms with E-state index in [-0.39, 0.29) is 29.2 Å². The average molecular weight is 558 g/mol. The Hall–Kier alpha value is -3.80. The maximum Gasteiger partial charge on any atom is 0.410 e. The number of nitrogens with zero attached hydrogens (tertiary/aromatic N) is 5. The summed E-state index contributed by atoms with van der Waals surface area (Å²) in [5.41, 5.74) is 0.267. The van der Waals surface area contributed by atoms with E-state index < -0.39 is 23.3 Å². The molecule has 12 heteroatoms. The Balaban J connectivity index is 1.17. The molecule has 10 nitrogen and oxygen atoms in total. The lowest BCUT2D eigenvalue weighted by Gasteiger charge is -2.37. The molecule has 0 bridgehead atoms. The summed E-state index contributed by atoms with van der Waals surface area (Å²) in [6, 6.07) is 3.79. The van der Waals surface area contributed by atoms with Crippen molar-refractivity contribution in [2.75, 3.05) is 32.8 Å². The molecule has 0 spiro atoms. The lowest BCUT2D eigenvalue weighted by atomic mass is 10.1. The molecule has 2 aromatic heterocycles. The zero-order valence-corrected chi connectivity index (χ0v) is 22.9. The van der Waals surface area contributed by atoms with Crippen LogP contribution in [0.15, 0.2) is 35.4 Å². The van der Waals surface area contributed by atoms with Gasteiger partial charge in [-0.3, -0.25) is 14.7 Å². The van der Waals surface area contributed by atoms with Crippen LogP contribution in [0.4, 0.5) is 13.6 Å². The normalized spacial score (nSPS) is 16.2. The van der Waals surface area contributed by atoms with Crippen LogP contribution < -0.4 is 15.0 Å². The molecule has 0 atom stereocenters. The molecule has 0 N–H and O–H groups in total. The smallest absolute Gasteiger partial charge is 0.410 e. The minimum absolute atomic E-state index is 0.221. The first-order chi connectivity index (χ1) is 19.1. The topological polar surface area (TPSA) is 99.0 Å². The number of pyridine rings is 1. The fraction of sp³-hybridized carbons (Fsp3) is 0.500. The van der Waals surface area contributed by atoms with Crippen LogP contribution in [0.3, 0.4) is 0 Å². The van der Waals surface area contributed by atoms with E-state index in [1.807, 2.05) is 20.8 Å². The molecule has 2 aliphatic heterocycles. The highest BCUT2D eigenvalue weighted by Crippen LogP contribution is 2.30. The Bertz CT molecular complexity index is 1450. The van der Waals surface area contributed by atoms with Crippen LogP contribution in [0.1, 0.15) is 39.3 Å². The van der Waals surface area contributed by atoms with Gasteiger partial charge in [-0.2, -0.15) is 0 Å². The van der Waals surface area contributed by atoms with Crippen molar-refractivity contribution in [2.45, 2.75) is 58.3 Å². The van der Waals surface area contributed by atoms with Gasteiger partial charge in [0.05, 0.1) is 35.7 Å². The lowest BCUT2D eigenvalue weighted by Crippen LogP contribution is -2.48. The highest BCUT2D eigenvalue weighted by molar-refractivity contribution is 5.74. The van der Waals surface area contributed by atoms with Gasteiger partial charge in [0.1, 0.15) is 19.3 Å². The Morgan fingerprint density at radius 3 is 2.45 bits per heavy atom. The number of piperidine rings is 1. The molecular formula is C28H33F2N5O5. The Morgan fingerprint density at radius 2 is 1.73 bits per heavy atom. The van der Waals surface area contributed by atoms with E-state index in [2.05, 4.69) is 14.9 Å². The van der Waals surface area contributed by atoms with Crippen LogP contribution in [-0.2, 0) is 17.8 Å². The average Bonchev–Trinajstić information content (AvgIpc) is 2.92. The van der Waals surface area contributed by atoms with E-state index in [9.17, 15) is 18.4 Å². The summed E-state index contributed by atoms with van der Waals surface area (Å²) in [4.78, 5) is 37.8. The number of rotatable bonds is 6. The number of aromatic nitrogens is 3. The third-order valence-electron chi connectivity index (χ3n) is 7.17. The monoisotopic (exact) mass is 557 g/mol. The van der Waals surface area contributed by atoms with Crippen LogP contribution in [0.2, 0.25) is 0 Å². The molecule has 2 aliphatic rings. The zero-order chi connectivity index (χ0) is 28.4. The molecule has 3 aromatic rings. The summed E-state index contributed by atoms with van der Waals surface area (Å²) in [5, 5.41) is 0. The number of carbonyl (C=O) groups is 1. The van der Waals surface area contributed by atoms with Crippen LogP contribution in [-0.4, -0.2) is 74.9 Å². The number of likely N-dealkylation sites (tertiary alicyclic amines) is 1. The molecule has 0 aliphatic carbocycles. The predicted molar refractivity (Wildman–Crippen MR) is 142 cm³/mol. The molecule has 4 heterocycles. The first-order valence-corrected chi connectivity index (χ1v) is 13.4. The van der Waals surface area contributed by atoms with Gasteiger partial charge in [0.2, 0.25) is 0 Å². The SMILES string of the molecule is CC(C)(C)N(Cc1cc2c(cn1)OCCO2)C(=O)OC1CCN(CCn2c(=O)cnc3cc(F)c(F)cc32)CC1. The van der Waals surface area contributed by atoms with E-state index in [0.717, 1.165) is 18.3 Å². The minimum atomic E-state index is -1.02. The van der Waals surface area contributed by atoms with E-state index in [0.29, 0.717) is 69.4 Å². The molecule has 5 rings (SSSR count). The minimum Gasteiger partial charge on any atom is -0.486 e. The van der Waals surface area contributed by atoms with Gasteiger partial charge in [-0.1, -0.05) is 0 Å². The summed E-state index contributed by atoms with van der Waals surface area (Å²) in [6.45, 7) is 9.20. The van der Waals surface area contributed by atoms with Gasteiger partial charge in [-0.05, 0) is 33.6 Å². The number of ether oxygens (including phenoxy) is 3. The molecule has 1 fully saturated rings. The van der Waals surface area contributed by atoms with Crippen molar-refractivity contribution >= 4 is 17.1 Å². The predicted octanol–water partition coefficient (Wildman–Crippen LogP) is 3.74. The van der Waals surface area contributed by atoms with Crippen molar-refractivity contribution in [3.8, 4) is 11.5 Å². The number of carbonyl (C=O) groups excluding carboxylic acids is 1. The first-order valence-electron chi connectivity index (χ1n) is 13.4. The van der Waals surface area contributed by atoms with Crippen molar-refractivity contribution in [1.29, 1.82) is 0 Å². The number of halogens is 2. The third-order valence-corrected chi connectivity index (χ3v) is 7.17. The number of hydrogen-bond acceptors (Lipinski definition) is 8. The van der Waals surface area contributed by atoms with Crippen molar-refractivity contribution in [3.05, 3.63) is 58.3 Å². The number of benzene rings is 1. The van der Waals surface area contributed by atoms with Gasteiger partial charge in [0.15, 0.2) is 23.1 Å². The van der Waals surface area contributed by atoms with Crippen LogP contribution in [0.25, 0.3) is 11.0 Å². The van der Waals surface area contributed by atoms with E-state index in [1.54, 1.807) is 17.2 Å². The van der Waals surface area contributed by atoms with E-state index in [1.165, 1.54) is 4.57 Å². The maximum absolute atomic E-state index is 13.8. The molecule has 1 aromatic carbocycles. The van der Waals surface area contributed by atoms with Gasteiger partial charge < -0.3 is 23.7 Å². The Morgan fingerprint density at radius 1 is 1.02 bits per heavy atom. The van der Waals surface area contributed by atoms with Crippen molar-refractivity contribution < 1.29 is 27.8 Å². The van der Waals surface area contributed by atoms with Gasteiger partial charge in [-0.15, -0.1) is 0 Å². The Labute approximate surface area is 230 Å². The van der Waals surface area contributed by atoms with Gasteiger partial charge in [0.25, 0.3) is 5.56 Å². The molecule has 40 heavy (non-hydrogen) atoms.